The lowest BCUT2D eigenvalue weighted by Crippen LogP contribution is -2.36. The Bertz CT molecular complexity index is 1610. The number of nitrogens with zero attached hydrogens (tertiary/aromatic N) is 7. The number of H-pyrrole nitrogens is 1. The Morgan fingerprint density at radius 1 is 1.03 bits per heavy atom. The monoisotopic (exact) mass is 479 g/mol. The van der Waals surface area contributed by atoms with Gasteiger partial charge in [0.25, 0.3) is 0 Å². The van der Waals surface area contributed by atoms with Gasteiger partial charge in [-0.2, -0.15) is 9.58 Å². The Balaban J connectivity index is 1.63. The maximum atomic E-state index is 4.97. The topological polar surface area (TPSA) is 85.2 Å². The first kappa shape index (κ1) is 22.5. The lowest BCUT2D eigenvalue weighted by atomic mass is 9.93. The summed E-state index contributed by atoms with van der Waals surface area (Å²) >= 11 is 0. The van der Waals surface area contributed by atoms with Gasteiger partial charge in [-0.1, -0.05) is 36.6 Å². The van der Waals surface area contributed by atoms with Gasteiger partial charge in [0.1, 0.15) is 22.7 Å². The molecule has 0 bridgehead atoms. The predicted octanol–water partition coefficient (Wildman–Crippen LogP) is 5.68. The van der Waals surface area contributed by atoms with Gasteiger partial charge in [0.2, 0.25) is 0 Å². The van der Waals surface area contributed by atoms with Crippen molar-refractivity contribution in [2.24, 2.45) is 0 Å². The minimum atomic E-state index is 0.299. The van der Waals surface area contributed by atoms with Crippen LogP contribution in [0.3, 0.4) is 0 Å². The predicted molar refractivity (Wildman–Crippen MR) is 142 cm³/mol. The number of hydrogen-bond acceptors (Lipinski definition) is 5. The van der Waals surface area contributed by atoms with Crippen molar-refractivity contribution < 1.29 is 0 Å². The van der Waals surface area contributed by atoms with Crippen LogP contribution in [0.4, 0.5) is 17.3 Å². The zero-order chi connectivity index (χ0) is 25.2. The molecule has 0 saturated heterocycles. The zero-order valence-corrected chi connectivity index (χ0v) is 21.7. The van der Waals surface area contributed by atoms with Gasteiger partial charge in [0, 0.05) is 41.1 Å². The smallest absolute Gasteiger partial charge is 0.281 e. The molecule has 0 aliphatic carbocycles. The molecule has 1 aliphatic heterocycles. The molecule has 182 valence electrons. The van der Waals surface area contributed by atoms with E-state index in [0.29, 0.717) is 16.3 Å². The van der Waals surface area contributed by atoms with Gasteiger partial charge in [-0.05, 0) is 67.3 Å². The van der Waals surface area contributed by atoms with Gasteiger partial charge in [-0.25, -0.2) is 9.97 Å². The molecule has 4 heterocycles. The van der Waals surface area contributed by atoms with Crippen LogP contribution in [0.25, 0.3) is 16.9 Å². The molecule has 5 aromatic rings. The second-order valence-corrected chi connectivity index (χ2v) is 10.2. The summed E-state index contributed by atoms with van der Waals surface area (Å²) < 4.78 is 2.61. The van der Waals surface area contributed by atoms with Crippen molar-refractivity contribution in [1.29, 1.82) is 0 Å². The van der Waals surface area contributed by atoms with E-state index < -0.39 is 0 Å². The van der Waals surface area contributed by atoms with E-state index in [1.165, 1.54) is 22.4 Å². The van der Waals surface area contributed by atoms with Gasteiger partial charge in [0.05, 0.1) is 7.05 Å². The molecule has 1 N–H and O–H groups in total. The minimum Gasteiger partial charge on any atom is -0.281 e. The highest BCUT2D eigenvalue weighted by Gasteiger charge is 2.42. The maximum absolute atomic E-state index is 4.97. The SMILES string of the molecule is CCc1nc2c(C)cc(C)nc2n1-c1ccc2c(c1)C(C)Cc1cc(C)ccc1[N+]2(C)c1nnn[nH]1. The molecule has 2 unspecified atom stereocenters. The highest BCUT2D eigenvalue weighted by molar-refractivity contribution is 5.79. The van der Waals surface area contributed by atoms with E-state index in [2.05, 4.69) is 102 Å². The molecular weight excluding hydrogens is 448 g/mol. The molecule has 0 radical (unpaired) electrons. The lowest BCUT2D eigenvalue weighted by Gasteiger charge is -2.31. The van der Waals surface area contributed by atoms with Crippen LogP contribution in [-0.4, -0.2) is 42.2 Å². The third-order valence-corrected chi connectivity index (χ3v) is 7.60. The van der Waals surface area contributed by atoms with Crippen LogP contribution in [0.5, 0.6) is 0 Å². The number of fused-ring (bicyclic) bond motifs is 3. The van der Waals surface area contributed by atoms with E-state index >= 15 is 0 Å². The van der Waals surface area contributed by atoms with E-state index in [9.17, 15) is 0 Å². The molecule has 0 fully saturated rings. The third-order valence-electron chi connectivity index (χ3n) is 7.60. The first-order chi connectivity index (χ1) is 17.3. The van der Waals surface area contributed by atoms with Gasteiger partial charge in [-0.3, -0.25) is 4.57 Å². The van der Waals surface area contributed by atoms with E-state index in [1.54, 1.807) is 0 Å². The summed E-state index contributed by atoms with van der Waals surface area (Å²) in [5.41, 5.74) is 11.3. The van der Waals surface area contributed by atoms with Crippen molar-refractivity contribution in [2.45, 2.75) is 53.4 Å². The number of nitrogens with one attached hydrogen (secondary N) is 1. The number of aryl methyl sites for hydroxylation is 4. The largest absolute Gasteiger partial charge is 0.355 e. The molecule has 36 heavy (non-hydrogen) atoms. The summed E-state index contributed by atoms with van der Waals surface area (Å²) in [6.45, 7) is 10.8. The van der Waals surface area contributed by atoms with Crippen LogP contribution in [0.1, 0.15) is 53.5 Å². The lowest BCUT2D eigenvalue weighted by molar-refractivity contribution is 0.586. The van der Waals surface area contributed by atoms with Crippen molar-refractivity contribution in [3.63, 3.8) is 0 Å². The molecule has 6 rings (SSSR count). The van der Waals surface area contributed by atoms with Crippen molar-refractivity contribution in [1.82, 2.24) is 39.6 Å². The van der Waals surface area contributed by atoms with E-state index in [4.69, 9.17) is 9.97 Å². The average molecular weight is 480 g/mol. The van der Waals surface area contributed by atoms with Crippen LogP contribution in [-0.2, 0) is 12.8 Å². The number of benzene rings is 2. The molecule has 8 nitrogen and oxygen atoms in total. The Kier molecular flexibility index (Phi) is 5.05. The standard InChI is InChI=1S/C28H31N8/c1-7-25-30-26-18(4)13-19(5)29-27(26)35(25)21-9-11-24-22(15-21)17(3)14-20-12-16(2)8-10-23(20)36(24,6)28-31-33-34-32-28/h8-13,15,17H,7,14H2,1-6H3,(H,31,32,33,34)/q+1. The summed E-state index contributed by atoms with van der Waals surface area (Å²) in [6, 6.07) is 15.5. The first-order valence-corrected chi connectivity index (χ1v) is 12.5. The molecule has 8 heteroatoms. The number of tetrazole rings is 1. The molecule has 0 amide bonds. The number of quaternary nitrogens is 1. The normalized spacial score (nSPS) is 19.2. The highest BCUT2D eigenvalue weighted by atomic mass is 15.6. The van der Waals surface area contributed by atoms with Crippen molar-refractivity contribution in [3.05, 3.63) is 76.2 Å². The molecular formula is C28H31N8+. The van der Waals surface area contributed by atoms with Crippen LogP contribution < -0.4 is 4.48 Å². The number of rotatable bonds is 3. The quantitative estimate of drug-likeness (QED) is 0.337. The second-order valence-electron chi connectivity index (χ2n) is 10.2. The molecule has 1 aliphatic rings. The van der Waals surface area contributed by atoms with E-state index in [-0.39, 0.29) is 0 Å². The van der Waals surface area contributed by atoms with Crippen LogP contribution in [0.2, 0.25) is 0 Å². The summed E-state index contributed by atoms with van der Waals surface area (Å²) in [5, 5.41) is 15.3. The molecule has 3 aromatic heterocycles. The van der Waals surface area contributed by atoms with Gasteiger partial charge in [0.15, 0.2) is 5.65 Å². The fraction of sp³-hybridized carbons (Fsp3) is 0.321. The minimum absolute atomic E-state index is 0.299. The fourth-order valence-corrected chi connectivity index (χ4v) is 5.85. The van der Waals surface area contributed by atoms with Crippen LogP contribution in [0, 0.1) is 20.8 Å². The van der Waals surface area contributed by atoms with E-state index in [0.717, 1.165) is 52.5 Å². The zero-order valence-electron chi connectivity index (χ0n) is 21.7. The Labute approximate surface area is 210 Å². The Hall–Kier alpha value is -3.91. The molecule has 0 saturated carbocycles. The van der Waals surface area contributed by atoms with Crippen molar-refractivity contribution in [2.75, 3.05) is 7.05 Å². The first-order valence-electron chi connectivity index (χ1n) is 12.5. The Morgan fingerprint density at radius 3 is 2.58 bits per heavy atom. The van der Waals surface area contributed by atoms with Crippen molar-refractivity contribution in [3.8, 4) is 5.69 Å². The number of imidazole rings is 1. The summed E-state index contributed by atoms with van der Waals surface area (Å²) in [5.74, 6) is 2.01. The summed E-state index contributed by atoms with van der Waals surface area (Å²) in [4.78, 5) is 9.88. The Morgan fingerprint density at radius 2 is 1.83 bits per heavy atom. The van der Waals surface area contributed by atoms with Gasteiger partial charge in [-0.15, -0.1) is 0 Å². The highest BCUT2D eigenvalue weighted by Crippen LogP contribution is 2.49. The average Bonchev–Trinajstić information content (AvgIpc) is 3.50. The number of aromatic nitrogens is 7. The number of aromatic amines is 1. The second kappa shape index (κ2) is 8.06. The third kappa shape index (κ3) is 3.21. The van der Waals surface area contributed by atoms with Crippen LogP contribution >= 0.6 is 0 Å². The molecule has 0 spiro atoms. The molecule has 2 aromatic carbocycles. The van der Waals surface area contributed by atoms with E-state index in [1.807, 2.05) is 6.92 Å². The number of hydrogen-bond donors (Lipinski definition) is 1. The summed E-state index contributed by atoms with van der Waals surface area (Å²) in [6.07, 6.45) is 1.76. The van der Waals surface area contributed by atoms with Crippen molar-refractivity contribution >= 4 is 28.5 Å². The fourth-order valence-electron chi connectivity index (χ4n) is 5.85. The summed E-state index contributed by atoms with van der Waals surface area (Å²) in [7, 11) is 2.17. The molecule has 2 atom stereocenters. The number of pyridine rings is 1. The van der Waals surface area contributed by atoms with Gasteiger partial charge >= 0.3 is 5.95 Å². The van der Waals surface area contributed by atoms with Gasteiger partial charge < -0.3 is 0 Å². The maximum Gasteiger partial charge on any atom is 0.355 e. The van der Waals surface area contributed by atoms with Crippen LogP contribution in [0.15, 0.2) is 42.5 Å².